The number of allylic oxidation sites excluding steroid dienone is 1. The molecule has 1 saturated heterocycles. The van der Waals surface area contributed by atoms with Crippen molar-refractivity contribution >= 4 is 29.6 Å². The summed E-state index contributed by atoms with van der Waals surface area (Å²) in [5.41, 5.74) is 0.977. The normalized spacial score (nSPS) is 16.9. The summed E-state index contributed by atoms with van der Waals surface area (Å²) in [6, 6.07) is 4.92. The van der Waals surface area contributed by atoms with E-state index < -0.39 is 23.0 Å². The number of ether oxygens (including phenoxy) is 1. The van der Waals surface area contributed by atoms with Gasteiger partial charge in [0.25, 0.3) is 15.7 Å². The lowest BCUT2D eigenvalue weighted by Gasteiger charge is -2.50. The summed E-state index contributed by atoms with van der Waals surface area (Å²) < 4.78 is 37.0. The van der Waals surface area contributed by atoms with Crippen LogP contribution in [-0.2, 0) is 14.8 Å². The lowest BCUT2D eigenvalue weighted by molar-refractivity contribution is -0.384. The van der Waals surface area contributed by atoms with Crippen LogP contribution in [0.2, 0.25) is 22.2 Å². The summed E-state index contributed by atoms with van der Waals surface area (Å²) in [4.78, 5) is 12.5. The Labute approximate surface area is 205 Å². The first-order chi connectivity index (χ1) is 15.9. The summed E-state index contributed by atoms with van der Waals surface area (Å²) in [6.45, 7) is 19.7. The molecular formula is C24H39N3O5SSi. The molecule has 10 heteroatoms. The third kappa shape index (κ3) is 5.77. The number of nitro benzene ring substituents is 1. The largest absolute Gasteiger partial charge is 0.378 e. The van der Waals surface area contributed by atoms with Crippen molar-refractivity contribution < 1.29 is 18.1 Å². The Morgan fingerprint density at radius 3 is 2.03 bits per heavy atom. The van der Waals surface area contributed by atoms with Gasteiger partial charge in [0.2, 0.25) is 0 Å². The number of sulfonamides is 1. The van der Waals surface area contributed by atoms with Gasteiger partial charge in [0.15, 0.2) is 0 Å². The highest BCUT2D eigenvalue weighted by Crippen LogP contribution is 2.51. The first kappa shape index (κ1) is 28.2. The predicted octanol–water partition coefficient (Wildman–Crippen LogP) is 5.64. The van der Waals surface area contributed by atoms with E-state index in [0.717, 1.165) is 0 Å². The number of non-ortho nitro benzene ring substituents is 1. The van der Waals surface area contributed by atoms with Gasteiger partial charge in [0, 0.05) is 30.8 Å². The Morgan fingerprint density at radius 2 is 1.62 bits per heavy atom. The molecule has 1 heterocycles. The van der Waals surface area contributed by atoms with Gasteiger partial charge in [-0.15, -0.1) is 11.0 Å². The lowest BCUT2D eigenvalue weighted by Crippen LogP contribution is -2.55. The van der Waals surface area contributed by atoms with E-state index in [2.05, 4.69) is 57.4 Å². The van der Waals surface area contributed by atoms with Crippen LogP contribution in [0.1, 0.15) is 48.0 Å². The topological polar surface area (TPSA) is 102 Å². The van der Waals surface area contributed by atoms with Gasteiger partial charge >= 0.3 is 0 Å². The van der Waals surface area contributed by atoms with Gasteiger partial charge in [0.05, 0.1) is 31.1 Å². The standard InChI is InChI=1S/C24H39N3O5SSi/c1-8-9-23(34(18(2)3,19(4)5)20(6)7)24(26-14-16-32-17-15-26)25-33(30,31)22-12-10-21(11-13-22)27(28)29/h8,10-13,18-20,23H,1,9,14-17H2,2-7H3/b25-24+. The van der Waals surface area contributed by atoms with Crippen LogP contribution < -0.4 is 0 Å². The average molecular weight is 510 g/mol. The third-order valence-electron chi connectivity index (χ3n) is 7.21. The summed E-state index contributed by atoms with van der Waals surface area (Å²) in [6.07, 6.45) is 2.53. The molecule has 1 aliphatic heterocycles. The maximum absolute atomic E-state index is 13.5. The van der Waals surface area contributed by atoms with E-state index in [1.54, 1.807) is 0 Å². The molecule has 0 saturated carbocycles. The Morgan fingerprint density at radius 1 is 1.12 bits per heavy atom. The molecule has 0 aromatic heterocycles. The third-order valence-corrected chi connectivity index (χ3v) is 16.2. The lowest BCUT2D eigenvalue weighted by atomic mass is 10.2. The van der Waals surface area contributed by atoms with Crippen LogP contribution in [0, 0.1) is 10.1 Å². The second-order valence-corrected chi connectivity index (χ2v) is 17.6. The van der Waals surface area contributed by atoms with Crippen molar-refractivity contribution in [3.05, 3.63) is 47.0 Å². The highest BCUT2D eigenvalue weighted by molar-refractivity contribution is 7.90. The maximum atomic E-state index is 13.5. The van der Waals surface area contributed by atoms with Gasteiger partial charge in [-0.1, -0.05) is 47.6 Å². The second-order valence-electron chi connectivity index (χ2n) is 9.82. The minimum Gasteiger partial charge on any atom is -0.378 e. The Kier molecular flexibility index (Phi) is 9.61. The minimum absolute atomic E-state index is 0.0454. The predicted molar refractivity (Wildman–Crippen MR) is 140 cm³/mol. The first-order valence-electron chi connectivity index (χ1n) is 11.9. The SMILES string of the molecule is C=CCC(/C(=N\S(=O)(=O)c1ccc([N+](=O)[O-])cc1)N1CCOCC1)[Si](C(C)C)(C(C)C)C(C)C. The highest BCUT2D eigenvalue weighted by atomic mass is 32.2. The van der Waals surface area contributed by atoms with Crippen molar-refractivity contribution in [1.82, 2.24) is 4.90 Å². The zero-order chi connectivity index (χ0) is 25.7. The molecule has 0 bridgehead atoms. The molecule has 1 fully saturated rings. The molecule has 0 radical (unpaired) electrons. The molecule has 0 N–H and O–H groups in total. The van der Waals surface area contributed by atoms with E-state index in [-0.39, 0.29) is 16.1 Å². The van der Waals surface area contributed by atoms with Crippen molar-refractivity contribution in [1.29, 1.82) is 0 Å². The quantitative estimate of drug-likeness (QED) is 0.101. The zero-order valence-corrected chi connectivity index (χ0v) is 23.0. The molecule has 0 spiro atoms. The van der Waals surface area contributed by atoms with E-state index in [1.165, 1.54) is 24.3 Å². The smallest absolute Gasteiger partial charge is 0.283 e. The molecule has 190 valence electrons. The number of nitro groups is 1. The molecular weight excluding hydrogens is 470 g/mol. The molecule has 34 heavy (non-hydrogen) atoms. The number of hydrogen-bond donors (Lipinski definition) is 0. The summed E-state index contributed by atoms with van der Waals surface area (Å²) in [7, 11) is -6.27. The van der Waals surface area contributed by atoms with Crippen LogP contribution in [-0.4, -0.2) is 58.5 Å². The molecule has 1 aromatic carbocycles. The van der Waals surface area contributed by atoms with Crippen LogP contribution in [0.4, 0.5) is 5.69 Å². The van der Waals surface area contributed by atoms with Gasteiger partial charge in [-0.25, -0.2) is 0 Å². The zero-order valence-electron chi connectivity index (χ0n) is 21.2. The molecule has 1 aromatic rings. The van der Waals surface area contributed by atoms with E-state index in [9.17, 15) is 18.5 Å². The monoisotopic (exact) mass is 509 g/mol. The van der Waals surface area contributed by atoms with Gasteiger partial charge in [-0.2, -0.15) is 8.42 Å². The van der Waals surface area contributed by atoms with Crippen molar-refractivity contribution in [3.8, 4) is 0 Å². The Balaban J connectivity index is 2.75. The molecule has 8 nitrogen and oxygen atoms in total. The highest BCUT2D eigenvalue weighted by Gasteiger charge is 2.51. The molecule has 1 unspecified atom stereocenters. The fourth-order valence-electron chi connectivity index (χ4n) is 5.96. The molecule has 0 aliphatic carbocycles. The Hall–Kier alpha value is -2.04. The summed E-state index contributed by atoms with van der Waals surface area (Å²) in [5, 5.41) is 11.0. The van der Waals surface area contributed by atoms with Crippen LogP contribution in [0.15, 0.2) is 46.2 Å². The fraction of sp³-hybridized carbons (Fsp3) is 0.625. The van der Waals surface area contributed by atoms with Crippen LogP contribution in [0.3, 0.4) is 0 Å². The van der Waals surface area contributed by atoms with Gasteiger partial charge in [-0.05, 0) is 35.2 Å². The van der Waals surface area contributed by atoms with Crippen LogP contribution in [0.25, 0.3) is 0 Å². The molecule has 1 atom stereocenters. The summed E-state index contributed by atoms with van der Waals surface area (Å²) >= 11 is 0. The number of rotatable bonds is 10. The second kappa shape index (κ2) is 11.6. The number of morpholine rings is 1. The van der Waals surface area contributed by atoms with Crippen molar-refractivity contribution in [2.45, 2.75) is 75.0 Å². The fourth-order valence-corrected chi connectivity index (χ4v) is 14.8. The van der Waals surface area contributed by atoms with Gasteiger partial charge in [-0.3, -0.25) is 10.1 Å². The Bertz CT molecular complexity index is 963. The van der Waals surface area contributed by atoms with E-state index >= 15 is 0 Å². The van der Waals surface area contributed by atoms with Crippen LogP contribution in [0.5, 0.6) is 0 Å². The minimum atomic E-state index is -4.08. The van der Waals surface area contributed by atoms with Crippen LogP contribution >= 0.6 is 0 Å². The van der Waals surface area contributed by atoms with Gasteiger partial charge in [0.1, 0.15) is 5.84 Å². The summed E-state index contributed by atoms with van der Waals surface area (Å²) in [5.74, 6) is 0.587. The number of hydrogen-bond acceptors (Lipinski definition) is 5. The van der Waals surface area contributed by atoms with E-state index in [1.807, 2.05) is 6.08 Å². The molecule has 2 rings (SSSR count). The number of amidine groups is 1. The first-order valence-corrected chi connectivity index (χ1v) is 15.7. The number of nitrogens with zero attached hydrogens (tertiary/aromatic N) is 3. The van der Waals surface area contributed by atoms with Gasteiger partial charge < -0.3 is 9.64 Å². The van der Waals surface area contributed by atoms with Crippen molar-refractivity contribution in [3.63, 3.8) is 0 Å². The average Bonchev–Trinajstić information content (AvgIpc) is 2.77. The molecule has 0 amide bonds. The van der Waals surface area contributed by atoms with Crippen molar-refractivity contribution in [2.24, 2.45) is 4.40 Å². The molecule has 1 aliphatic rings. The van der Waals surface area contributed by atoms with E-state index in [4.69, 9.17) is 4.74 Å². The van der Waals surface area contributed by atoms with E-state index in [0.29, 0.717) is 55.2 Å². The van der Waals surface area contributed by atoms with Crippen molar-refractivity contribution in [2.75, 3.05) is 26.3 Å². The maximum Gasteiger partial charge on any atom is 0.283 e. The number of benzene rings is 1.